The molecule has 0 spiro atoms. The smallest absolute Gasteiger partial charge is 0.223 e. The van der Waals surface area contributed by atoms with Gasteiger partial charge in [-0.15, -0.1) is 0 Å². The Kier molecular flexibility index (Phi) is 6.20. The molecule has 0 aromatic heterocycles. The molecule has 2 aromatic carbocycles. The number of halogens is 1. The highest BCUT2D eigenvalue weighted by Crippen LogP contribution is 2.21. The summed E-state index contributed by atoms with van der Waals surface area (Å²) in [6.07, 6.45) is 1.39. The van der Waals surface area contributed by atoms with Crippen molar-refractivity contribution in [2.45, 2.75) is 32.6 Å². The normalized spacial score (nSPS) is 14.8. The molecule has 138 valence electrons. The first-order valence-electron chi connectivity index (χ1n) is 9.40. The Hall–Kier alpha value is -2.00. The summed E-state index contributed by atoms with van der Waals surface area (Å²) >= 11 is 6.08. The van der Waals surface area contributed by atoms with Gasteiger partial charge in [-0.3, -0.25) is 4.79 Å². The van der Waals surface area contributed by atoms with Crippen LogP contribution in [0.15, 0.2) is 48.5 Å². The third-order valence-electron chi connectivity index (χ3n) is 5.08. The number of benzene rings is 2. The molecule has 26 heavy (non-hydrogen) atoms. The first-order valence-corrected chi connectivity index (χ1v) is 9.78. The molecule has 1 aliphatic rings. The average molecular weight is 371 g/mol. The molecule has 2 aromatic rings. The molecule has 0 radical (unpaired) electrons. The first kappa shape index (κ1) is 18.8. The number of hydrogen-bond acceptors (Lipinski definition) is 2. The van der Waals surface area contributed by atoms with Crippen LogP contribution in [-0.2, 0) is 11.2 Å². The van der Waals surface area contributed by atoms with Crippen molar-refractivity contribution in [2.24, 2.45) is 0 Å². The fourth-order valence-corrected chi connectivity index (χ4v) is 3.55. The van der Waals surface area contributed by atoms with E-state index in [2.05, 4.69) is 49.1 Å². The van der Waals surface area contributed by atoms with E-state index in [0.717, 1.165) is 43.3 Å². The van der Waals surface area contributed by atoms with Gasteiger partial charge in [0.2, 0.25) is 5.91 Å². The van der Waals surface area contributed by atoms with Gasteiger partial charge in [0.1, 0.15) is 0 Å². The fourth-order valence-electron chi connectivity index (χ4n) is 3.37. The molecule has 1 fully saturated rings. The van der Waals surface area contributed by atoms with E-state index in [1.165, 1.54) is 11.1 Å². The number of hydrogen-bond donors (Lipinski definition) is 0. The predicted molar refractivity (Wildman–Crippen MR) is 109 cm³/mol. The Bertz CT molecular complexity index is 734. The zero-order chi connectivity index (χ0) is 18.5. The Morgan fingerprint density at radius 3 is 2.35 bits per heavy atom. The first-order chi connectivity index (χ1) is 12.5. The molecule has 1 saturated heterocycles. The molecule has 0 atom stereocenters. The Morgan fingerprint density at radius 2 is 1.73 bits per heavy atom. The van der Waals surface area contributed by atoms with Crippen molar-refractivity contribution in [3.05, 3.63) is 64.7 Å². The van der Waals surface area contributed by atoms with Gasteiger partial charge in [-0.05, 0) is 41.7 Å². The summed E-state index contributed by atoms with van der Waals surface area (Å²) < 4.78 is 0. The standard InChI is InChI=1S/C22H27ClN2O/c1-17(2)19-9-6-18(7-10-19)8-11-22(26)25-14-12-24(13-15-25)21-5-3-4-20(23)16-21/h3-7,9-10,16-17H,8,11-15H2,1-2H3. The van der Waals surface area contributed by atoms with E-state index in [4.69, 9.17) is 11.6 Å². The molecule has 0 aliphatic carbocycles. The summed E-state index contributed by atoms with van der Waals surface area (Å²) in [4.78, 5) is 16.8. The van der Waals surface area contributed by atoms with Crippen LogP contribution in [0.2, 0.25) is 5.02 Å². The summed E-state index contributed by atoms with van der Waals surface area (Å²) in [6.45, 7) is 7.66. The van der Waals surface area contributed by atoms with Crippen molar-refractivity contribution in [3.63, 3.8) is 0 Å². The molecule has 1 amide bonds. The number of aryl methyl sites for hydroxylation is 1. The van der Waals surface area contributed by atoms with Crippen molar-refractivity contribution < 1.29 is 4.79 Å². The van der Waals surface area contributed by atoms with Crippen molar-refractivity contribution in [1.82, 2.24) is 4.90 Å². The van der Waals surface area contributed by atoms with Crippen molar-refractivity contribution >= 4 is 23.2 Å². The lowest BCUT2D eigenvalue weighted by atomic mass is 10.00. The van der Waals surface area contributed by atoms with E-state index < -0.39 is 0 Å². The molecule has 0 saturated carbocycles. The van der Waals surface area contributed by atoms with Gasteiger partial charge in [0.25, 0.3) is 0 Å². The summed E-state index contributed by atoms with van der Waals surface area (Å²) in [6, 6.07) is 16.6. The van der Waals surface area contributed by atoms with Crippen LogP contribution in [0.4, 0.5) is 5.69 Å². The van der Waals surface area contributed by atoms with E-state index in [1.54, 1.807) is 0 Å². The lowest BCUT2D eigenvalue weighted by Crippen LogP contribution is -2.48. The number of amides is 1. The Morgan fingerprint density at radius 1 is 1.04 bits per heavy atom. The van der Waals surface area contributed by atoms with Gasteiger partial charge in [-0.2, -0.15) is 0 Å². The fraction of sp³-hybridized carbons (Fsp3) is 0.409. The maximum atomic E-state index is 12.5. The highest BCUT2D eigenvalue weighted by atomic mass is 35.5. The van der Waals surface area contributed by atoms with Crippen LogP contribution in [0.25, 0.3) is 0 Å². The molecular weight excluding hydrogens is 344 g/mol. The minimum Gasteiger partial charge on any atom is -0.368 e. The summed E-state index contributed by atoms with van der Waals surface area (Å²) in [5, 5.41) is 0.754. The van der Waals surface area contributed by atoms with E-state index in [-0.39, 0.29) is 5.91 Å². The second-order valence-corrected chi connectivity index (χ2v) is 7.68. The number of carbonyl (C=O) groups is 1. The van der Waals surface area contributed by atoms with Crippen LogP contribution in [0.5, 0.6) is 0 Å². The maximum Gasteiger partial charge on any atom is 0.223 e. The van der Waals surface area contributed by atoms with Gasteiger partial charge in [-0.1, -0.05) is 55.8 Å². The van der Waals surface area contributed by atoms with Gasteiger partial charge in [0.15, 0.2) is 0 Å². The second-order valence-electron chi connectivity index (χ2n) is 7.24. The minimum absolute atomic E-state index is 0.253. The van der Waals surface area contributed by atoms with E-state index in [1.807, 2.05) is 23.1 Å². The highest BCUT2D eigenvalue weighted by Gasteiger charge is 2.21. The summed E-state index contributed by atoms with van der Waals surface area (Å²) in [7, 11) is 0. The lowest BCUT2D eigenvalue weighted by molar-refractivity contribution is -0.131. The third kappa shape index (κ3) is 4.79. The molecule has 0 N–H and O–H groups in total. The van der Waals surface area contributed by atoms with E-state index >= 15 is 0 Å². The SMILES string of the molecule is CC(C)c1ccc(CCC(=O)N2CCN(c3cccc(Cl)c3)CC2)cc1. The van der Waals surface area contributed by atoms with E-state index in [0.29, 0.717) is 12.3 Å². The average Bonchev–Trinajstić information content (AvgIpc) is 2.66. The number of piperazine rings is 1. The molecule has 0 bridgehead atoms. The van der Waals surface area contributed by atoms with Gasteiger partial charge >= 0.3 is 0 Å². The topological polar surface area (TPSA) is 23.6 Å². The van der Waals surface area contributed by atoms with Crippen LogP contribution in [0.1, 0.15) is 37.3 Å². The van der Waals surface area contributed by atoms with Crippen LogP contribution in [0, 0.1) is 0 Å². The van der Waals surface area contributed by atoms with E-state index in [9.17, 15) is 4.79 Å². The molecule has 0 unspecified atom stereocenters. The zero-order valence-electron chi connectivity index (χ0n) is 15.6. The zero-order valence-corrected chi connectivity index (χ0v) is 16.4. The van der Waals surface area contributed by atoms with Crippen LogP contribution < -0.4 is 4.90 Å². The molecule has 3 rings (SSSR count). The van der Waals surface area contributed by atoms with Crippen molar-refractivity contribution in [1.29, 1.82) is 0 Å². The lowest BCUT2D eigenvalue weighted by Gasteiger charge is -2.36. The molecule has 3 nitrogen and oxygen atoms in total. The summed E-state index contributed by atoms with van der Waals surface area (Å²) in [5.74, 6) is 0.796. The van der Waals surface area contributed by atoms with Gasteiger partial charge < -0.3 is 9.80 Å². The molecule has 1 heterocycles. The summed E-state index contributed by atoms with van der Waals surface area (Å²) in [5.41, 5.74) is 3.72. The van der Waals surface area contributed by atoms with Crippen molar-refractivity contribution in [2.75, 3.05) is 31.1 Å². The Balaban J connectivity index is 1.47. The van der Waals surface area contributed by atoms with Crippen LogP contribution in [0.3, 0.4) is 0 Å². The van der Waals surface area contributed by atoms with Gasteiger partial charge in [-0.25, -0.2) is 0 Å². The van der Waals surface area contributed by atoms with Gasteiger partial charge in [0, 0.05) is 43.3 Å². The molecule has 4 heteroatoms. The highest BCUT2D eigenvalue weighted by molar-refractivity contribution is 6.30. The van der Waals surface area contributed by atoms with Crippen LogP contribution >= 0.6 is 11.6 Å². The van der Waals surface area contributed by atoms with Gasteiger partial charge in [0.05, 0.1) is 0 Å². The Labute approximate surface area is 161 Å². The number of anilines is 1. The molecule has 1 aliphatic heterocycles. The number of rotatable bonds is 5. The van der Waals surface area contributed by atoms with Crippen molar-refractivity contribution in [3.8, 4) is 0 Å². The molecular formula is C22H27ClN2O. The monoisotopic (exact) mass is 370 g/mol. The number of nitrogens with zero attached hydrogens (tertiary/aromatic N) is 2. The largest absolute Gasteiger partial charge is 0.368 e. The third-order valence-corrected chi connectivity index (χ3v) is 5.31. The quantitative estimate of drug-likeness (QED) is 0.758. The van der Waals surface area contributed by atoms with Crippen LogP contribution in [-0.4, -0.2) is 37.0 Å². The predicted octanol–water partition coefficient (Wildman–Crippen LogP) is 4.74. The maximum absolute atomic E-state index is 12.5. The number of carbonyl (C=O) groups excluding carboxylic acids is 1. The second kappa shape index (κ2) is 8.59. The minimum atomic E-state index is 0.253.